The molecule has 0 bridgehead atoms. The number of nitrogens with one attached hydrogen (secondary N) is 1. The van der Waals surface area contributed by atoms with E-state index in [1.54, 1.807) is 24.3 Å². The van der Waals surface area contributed by atoms with Crippen LogP contribution in [0.4, 0.5) is 0 Å². The molecule has 3 rings (SSSR count). The number of nitrogens with zero attached hydrogens (tertiary/aromatic N) is 2. The first-order chi connectivity index (χ1) is 16.7. The van der Waals surface area contributed by atoms with Crippen LogP contribution >= 0.6 is 11.6 Å². The van der Waals surface area contributed by atoms with Crippen molar-refractivity contribution in [2.24, 2.45) is 0 Å². The Hall–Kier alpha value is -2.53. The average Bonchev–Trinajstić information content (AvgIpc) is 3.20. The Morgan fingerprint density at radius 1 is 0.941 bits per heavy atom. The fourth-order valence-corrected chi connectivity index (χ4v) is 4.30. The molecule has 1 aromatic heterocycles. The predicted octanol–water partition coefficient (Wildman–Crippen LogP) is 6.96. The second kappa shape index (κ2) is 14.7. The summed E-state index contributed by atoms with van der Waals surface area (Å²) in [6.07, 6.45) is 12.2. The standard InChI is InChI=1S/C28H38ClN3O2/c1-2-3-4-5-6-7-8-11-21-32-26-14-10-9-13-25(26)31-27(32)15-12-20-30-28(33)22-34-24-18-16-23(29)17-19-24/h9-10,13-14,16-19H,2-8,11-12,15,20-22H2,1H3,(H,30,33). The minimum absolute atomic E-state index is 0.00140. The molecule has 2 aromatic carbocycles. The molecule has 0 atom stereocenters. The van der Waals surface area contributed by atoms with E-state index in [9.17, 15) is 4.79 Å². The van der Waals surface area contributed by atoms with E-state index in [1.807, 2.05) is 6.07 Å². The van der Waals surface area contributed by atoms with Gasteiger partial charge in [-0.1, -0.05) is 75.6 Å². The van der Waals surface area contributed by atoms with Gasteiger partial charge in [0.2, 0.25) is 0 Å². The first-order valence-electron chi connectivity index (χ1n) is 12.8. The van der Waals surface area contributed by atoms with Crippen LogP contribution in [0.5, 0.6) is 5.75 Å². The smallest absolute Gasteiger partial charge is 0.257 e. The van der Waals surface area contributed by atoms with E-state index in [0.29, 0.717) is 17.3 Å². The summed E-state index contributed by atoms with van der Waals surface area (Å²) in [5.41, 5.74) is 2.26. The third kappa shape index (κ3) is 8.68. The summed E-state index contributed by atoms with van der Waals surface area (Å²) in [7, 11) is 0. The van der Waals surface area contributed by atoms with Crippen molar-refractivity contribution in [1.29, 1.82) is 0 Å². The van der Waals surface area contributed by atoms with Crippen LogP contribution < -0.4 is 10.1 Å². The molecule has 34 heavy (non-hydrogen) atoms. The molecule has 0 saturated heterocycles. The Labute approximate surface area is 208 Å². The van der Waals surface area contributed by atoms with Gasteiger partial charge in [0.25, 0.3) is 5.91 Å². The zero-order valence-corrected chi connectivity index (χ0v) is 21.2. The Morgan fingerprint density at radius 3 is 2.41 bits per heavy atom. The summed E-state index contributed by atoms with van der Waals surface area (Å²) in [6, 6.07) is 15.4. The molecule has 0 aliphatic rings. The molecule has 0 spiro atoms. The highest BCUT2D eigenvalue weighted by atomic mass is 35.5. The third-order valence-corrected chi connectivity index (χ3v) is 6.30. The maximum atomic E-state index is 12.1. The number of ether oxygens (including phenoxy) is 1. The predicted molar refractivity (Wildman–Crippen MR) is 141 cm³/mol. The van der Waals surface area contributed by atoms with Crippen molar-refractivity contribution >= 4 is 28.5 Å². The van der Waals surface area contributed by atoms with Gasteiger partial charge in [0.1, 0.15) is 11.6 Å². The monoisotopic (exact) mass is 483 g/mol. The lowest BCUT2D eigenvalue weighted by Crippen LogP contribution is -2.30. The molecule has 0 aliphatic carbocycles. The molecule has 3 aromatic rings. The highest BCUT2D eigenvalue weighted by Gasteiger charge is 2.10. The topological polar surface area (TPSA) is 56.2 Å². The summed E-state index contributed by atoms with van der Waals surface area (Å²) in [5, 5.41) is 3.59. The fourth-order valence-electron chi connectivity index (χ4n) is 4.17. The molecule has 0 unspecified atom stereocenters. The van der Waals surface area contributed by atoms with Crippen LogP contribution in [-0.2, 0) is 17.8 Å². The van der Waals surface area contributed by atoms with Gasteiger partial charge in [-0.05, 0) is 49.2 Å². The first-order valence-corrected chi connectivity index (χ1v) is 13.1. The molecular weight excluding hydrogens is 446 g/mol. The van der Waals surface area contributed by atoms with E-state index < -0.39 is 0 Å². The van der Waals surface area contributed by atoms with Gasteiger partial charge < -0.3 is 14.6 Å². The molecule has 0 aliphatic heterocycles. The van der Waals surface area contributed by atoms with Gasteiger partial charge in [-0.3, -0.25) is 4.79 Å². The van der Waals surface area contributed by atoms with Gasteiger partial charge >= 0.3 is 0 Å². The molecule has 0 radical (unpaired) electrons. The number of unbranched alkanes of at least 4 members (excludes halogenated alkanes) is 7. The van der Waals surface area contributed by atoms with Crippen LogP contribution in [0.1, 0.15) is 70.5 Å². The van der Waals surface area contributed by atoms with E-state index in [4.69, 9.17) is 21.3 Å². The number of aryl methyl sites for hydroxylation is 2. The van der Waals surface area contributed by atoms with E-state index in [-0.39, 0.29) is 12.5 Å². The van der Waals surface area contributed by atoms with Gasteiger partial charge in [-0.2, -0.15) is 0 Å². The quantitative estimate of drug-likeness (QED) is 0.224. The van der Waals surface area contributed by atoms with Crippen LogP contribution in [0.25, 0.3) is 11.0 Å². The zero-order valence-electron chi connectivity index (χ0n) is 20.4. The molecule has 6 heteroatoms. The molecule has 0 saturated carbocycles. The van der Waals surface area contributed by atoms with Gasteiger partial charge in [-0.25, -0.2) is 4.98 Å². The van der Waals surface area contributed by atoms with Crippen LogP contribution in [0.2, 0.25) is 5.02 Å². The SMILES string of the molecule is CCCCCCCCCCn1c(CCCNC(=O)COc2ccc(Cl)cc2)nc2ccccc21. The fraction of sp³-hybridized carbons (Fsp3) is 0.500. The normalized spacial score (nSPS) is 11.1. The summed E-state index contributed by atoms with van der Waals surface area (Å²) < 4.78 is 7.87. The van der Waals surface area contributed by atoms with Crippen molar-refractivity contribution in [1.82, 2.24) is 14.9 Å². The summed E-state index contributed by atoms with van der Waals surface area (Å²) >= 11 is 5.87. The molecule has 1 heterocycles. The van der Waals surface area contributed by atoms with E-state index in [0.717, 1.165) is 30.7 Å². The number of halogens is 1. The number of aromatic nitrogens is 2. The Kier molecular flexibility index (Phi) is 11.3. The lowest BCUT2D eigenvalue weighted by molar-refractivity contribution is -0.123. The number of fused-ring (bicyclic) bond motifs is 1. The van der Waals surface area contributed by atoms with Crippen molar-refractivity contribution in [3.63, 3.8) is 0 Å². The maximum Gasteiger partial charge on any atom is 0.257 e. The molecule has 1 N–H and O–H groups in total. The number of benzene rings is 2. The van der Waals surface area contributed by atoms with Crippen molar-refractivity contribution in [3.8, 4) is 5.75 Å². The molecule has 184 valence electrons. The lowest BCUT2D eigenvalue weighted by Gasteiger charge is -2.10. The van der Waals surface area contributed by atoms with Gasteiger partial charge in [0.05, 0.1) is 11.0 Å². The van der Waals surface area contributed by atoms with Crippen molar-refractivity contribution in [2.45, 2.75) is 77.7 Å². The maximum absolute atomic E-state index is 12.1. The number of imidazole rings is 1. The molecule has 1 amide bonds. The first kappa shape index (κ1) is 26.1. The number of hydrogen-bond acceptors (Lipinski definition) is 3. The van der Waals surface area contributed by atoms with Gasteiger partial charge in [0.15, 0.2) is 6.61 Å². The van der Waals surface area contributed by atoms with Crippen LogP contribution in [0.15, 0.2) is 48.5 Å². The van der Waals surface area contributed by atoms with Crippen molar-refractivity contribution < 1.29 is 9.53 Å². The van der Waals surface area contributed by atoms with Gasteiger partial charge in [-0.15, -0.1) is 0 Å². The Bertz CT molecular complexity index is 1000. The second-order valence-electron chi connectivity index (χ2n) is 8.84. The number of amides is 1. The van der Waals surface area contributed by atoms with Crippen LogP contribution in [0.3, 0.4) is 0 Å². The van der Waals surface area contributed by atoms with Crippen LogP contribution in [0, 0.1) is 0 Å². The number of hydrogen-bond donors (Lipinski definition) is 1. The largest absolute Gasteiger partial charge is 0.484 e. The lowest BCUT2D eigenvalue weighted by atomic mass is 10.1. The minimum atomic E-state index is -0.123. The van der Waals surface area contributed by atoms with E-state index >= 15 is 0 Å². The van der Waals surface area contributed by atoms with Gasteiger partial charge in [0, 0.05) is 24.5 Å². The highest BCUT2D eigenvalue weighted by molar-refractivity contribution is 6.30. The summed E-state index contributed by atoms with van der Waals surface area (Å²) in [4.78, 5) is 17.0. The highest BCUT2D eigenvalue weighted by Crippen LogP contribution is 2.19. The minimum Gasteiger partial charge on any atom is -0.484 e. The Morgan fingerprint density at radius 2 is 1.65 bits per heavy atom. The number of rotatable bonds is 16. The number of para-hydroxylation sites is 2. The van der Waals surface area contributed by atoms with Crippen molar-refractivity contribution in [2.75, 3.05) is 13.2 Å². The average molecular weight is 484 g/mol. The Balaban J connectivity index is 1.41. The molecule has 5 nitrogen and oxygen atoms in total. The van der Waals surface area contributed by atoms with E-state index in [2.05, 4.69) is 35.0 Å². The zero-order chi connectivity index (χ0) is 24.0. The molecular formula is C28H38ClN3O2. The third-order valence-electron chi connectivity index (χ3n) is 6.05. The number of carbonyl (C=O) groups excluding carboxylic acids is 1. The van der Waals surface area contributed by atoms with Crippen LogP contribution in [-0.4, -0.2) is 28.6 Å². The number of carbonyl (C=O) groups is 1. The molecule has 0 fully saturated rings. The van der Waals surface area contributed by atoms with Crippen molar-refractivity contribution in [3.05, 3.63) is 59.4 Å². The summed E-state index contributed by atoms with van der Waals surface area (Å²) in [5.74, 6) is 1.62. The second-order valence-corrected chi connectivity index (χ2v) is 9.28. The summed E-state index contributed by atoms with van der Waals surface area (Å²) in [6.45, 7) is 3.87. The van der Waals surface area contributed by atoms with E-state index in [1.165, 1.54) is 56.9 Å².